The Kier molecular flexibility index (Phi) is 4.17. The molecule has 4 nitrogen and oxygen atoms in total. The maximum Gasteiger partial charge on any atom is 0.160 e. The molecule has 18 heavy (non-hydrogen) atoms. The van der Waals surface area contributed by atoms with Gasteiger partial charge in [-0.1, -0.05) is 13.3 Å². The summed E-state index contributed by atoms with van der Waals surface area (Å²) in [4.78, 5) is 16.9. The van der Waals surface area contributed by atoms with E-state index in [1.165, 1.54) is 0 Å². The summed E-state index contributed by atoms with van der Waals surface area (Å²) in [5, 5.41) is 3.43. The van der Waals surface area contributed by atoms with Crippen molar-refractivity contribution in [1.29, 1.82) is 0 Å². The molecule has 0 radical (unpaired) electrons. The zero-order chi connectivity index (χ0) is 13.0. The van der Waals surface area contributed by atoms with Crippen molar-refractivity contribution < 1.29 is 4.79 Å². The Labute approximate surface area is 109 Å². The summed E-state index contributed by atoms with van der Waals surface area (Å²) in [6.07, 6.45) is 8.24. The second-order valence-corrected chi connectivity index (χ2v) is 5.09. The highest BCUT2D eigenvalue weighted by Crippen LogP contribution is 2.27. The van der Waals surface area contributed by atoms with E-state index in [2.05, 4.69) is 24.1 Å². The maximum absolute atomic E-state index is 12.6. The smallest absolute Gasteiger partial charge is 0.160 e. The van der Waals surface area contributed by atoms with E-state index in [-0.39, 0.29) is 5.54 Å². The van der Waals surface area contributed by atoms with Crippen LogP contribution in [-0.4, -0.2) is 27.4 Å². The van der Waals surface area contributed by atoms with Crippen LogP contribution in [0.3, 0.4) is 0 Å². The van der Waals surface area contributed by atoms with E-state index in [1.807, 2.05) is 10.8 Å². The highest BCUT2D eigenvalue weighted by Gasteiger charge is 2.39. The SMILES string of the molecule is CCCC1(C(=O)Cc2nccn2CC)CCCN1. The maximum atomic E-state index is 12.6. The van der Waals surface area contributed by atoms with Crippen LogP contribution in [0, 0.1) is 0 Å². The van der Waals surface area contributed by atoms with Crippen LogP contribution in [0.4, 0.5) is 0 Å². The number of aryl methyl sites for hydroxylation is 1. The molecule has 0 bridgehead atoms. The molecule has 0 saturated carbocycles. The summed E-state index contributed by atoms with van der Waals surface area (Å²) in [7, 11) is 0. The van der Waals surface area contributed by atoms with Gasteiger partial charge in [0.15, 0.2) is 5.78 Å². The van der Waals surface area contributed by atoms with Crippen LogP contribution < -0.4 is 5.32 Å². The van der Waals surface area contributed by atoms with Crippen molar-refractivity contribution in [3.8, 4) is 0 Å². The molecule has 1 aromatic rings. The van der Waals surface area contributed by atoms with Gasteiger partial charge in [-0.05, 0) is 32.7 Å². The molecule has 0 amide bonds. The van der Waals surface area contributed by atoms with Crippen LogP contribution >= 0.6 is 0 Å². The van der Waals surface area contributed by atoms with E-state index in [9.17, 15) is 4.79 Å². The molecule has 2 heterocycles. The van der Waals surface area contributed by atoms with Gasteiger partial charge in [-0.25, -0.2) is 4.98 Å². The summed E-state index contributed by atoms with van der Waals surface area (Å²) in [5.41, 5.74) is -0.279. The van der Waals surface area contributed by atoms with E-state index in [0.717, 1.165) is 44.6 Å². The number of hydrogen-bond acceptors (Lipinski definition) is 3. The zero-order valence-corrected chi connectivity index (χ0v) is 11.4. The molecule has 1 atom stereocenters. The number of nitrogens with zero attached hydrogens (tertiary/aromatic N) is 2. The van der Waals surface area contributed by atoms with Gasteiger partial charge in [0.1, 0.15) is 5.82 Å². The molecule has 1 aliphatic heterocycles. The van der Waals surface area contributed by atoms with Gasteiger partial charge in [-0.2, -0.15) is 0 Å². The van der Waals surface area contributed by atoms with Crippen molar-refractivity contribution in [2.45, 2.75) is 58.0 Å². The molecule has 4 heteroatoms. The average Bonchev–Trinajstić information content (AvgIpc) is 2.99. The summed E-state index contributed by atoms with van der Waals surface area (Å²) >= 11 is 0. The predicted octanol–water partition coefficient (Wildman–Crippen LogP) is 1.94. The molecule has 1 fully saturated rings. The monoisotopic (exact) mass is 249 g/mol. The number of carbonyl (C=O) groups excluding carboxylic acids is 1. The van der Waals surface area contributed by atoms with Crippen molar-refractivity contribution in [3.63, 3.8) is 0 Å². The fourth-order valence-electron chi connectivity index (χ4n) is 2.93. The lowest BCUT2D eigenvalue weighted by Crippen LogP contribution is -2.48. The Morgan fingerprint density at radius 3 is 3.00 bits per heavy atom. The second kappa shape index (κ2) is 5.65. The molecule has 1 saturated heterocycles. The third-order valence-corrected chi connectivity index (χ3v) is 3.92. The number of aromatic nitrogens is 2. The first-order valence-corrected chi connectivity index (χ1v) is 7.00. The van der Waals surface area contributed by atoms with Crippen LogP contribution in [0.25, 0.3) is 0 Å². The lowest BCUT2D eigenvalue weighted by Gasteiger charge is -2.27. The van der Waals surface area contributed by atoms with Gasteiger partial charge in [0.05, 0.1) is 12.0 Å². The minimum Gasteiger partial charge on any atom is -0.335 e. The highest BCUT2D eigenvalue weighted by atomic mass is 16.1. The van der Waals surface area contributed by atoms with Crippen molar-refractivity contribution in [2.24, 2.45) is 0 Å². The van der Waals surface area contributed by atoms with Crippen molar-refractivity contribution >= 4 is 5.78 Å². The van der Waals surface area contributed by atoms with Crippen molar-refractivity contribution in [1.82, 2.24) is 14.9 Å². The zero-order valence-electron chi connectivity index (χ0n) is 11.4. The van der Waals surface area contributed by atoms with Gasteiger partial charge in [0, 0.05) is 18.9 Å². The lowest BCUT2D eigenvalue weighted by atomic mass is 9.85. The first-order chi connectivity index (χ1) is 8.72. The van der Waals surface area contributed by atoms with Crippen LogP contribution in [-0.2, 0) is 17.8 Å². The number of imidazole rings is 1. The highest BCUT2D eigenvalue weighted by molar-refractivity contribution is 5.90. The number of rotatable bonds is 6. The quantitative estimate of drug-likeness (QED) is 0.838. The molecule has 100 valence electrons. The molecule has 0 aromatic carbocycles. The molecule has 2 rings (SSSR count). The number of ketones is 1. The Morgan fingerprint density at radius 2 is 2.39 bits per heavy atom. The van der Waals surface area contributed by atoms with E-state index < -0.39 is 0 Å². The van der Waals surface area contributed by atoms with E-state index in [0.29, 0.717) is 12.2 Å². The van der Waals surface area contributed by atoms with E-state index in [1.54, 1.807) is 6.20 Å². The van der Waals surface area contributed by atoms with Gasteiger partial charge < -0.3 is 9.88 Å². The van der Waals surface area contributed by atoms with Crippen LogP contribution in [0.2, 0.25) is 0 Å². The summed E-state index contributed by atoms with van der Waals surface area (Å²) in [6, 6.07) is 0. The van der Waals surface area contributed by atoms with Gasteiger partial charge >= 0.3 is 0 Å². The van der Waals surface area contributed by atoms with E-state index >= 15 is 0 Å². The topological polar surface area (TPSA) is 46.9 Å². The van der Waals surface area contributed by atoms with E-state index in [4.69, 9.17) is 0 Å². The van der Waals surface area contributed by atoms with Crippen molar-refractivity contribution in [2.75, 3.05) is 6.54 Å². The molecular formula is C14H23N3O. The number of Topliss-reactive ketones (excluding diaryl/α,β-unsaturated/α-hetero) is 1. The van der Waals surface area contributed by atoms with Gasteiger partial charge in [0.2, 0.25) is 0 Å². The Balaban J connectivity index is 2.10. The Hall–Kier alpha value is -1.16. The molecule has 0 spiro atoms. The number of carbonyl (C=O) groups is 1. The largest absolute Gasteiger partial charge is 0.335 e. The molecule has 1 aromatic heterocycles. The molecule has 1 aliphatic rings. The van der Waals surface area contributed by atoms with Gasteiger partial charge in [-0.3, -0.25) is 4.79 Å². The first kappa shape index (κ1) is 13.3. The Bertz CT molecular complexity index is 405. The third kappa shape index (κ3) is 2.48. The standard InChI is InChI=1S/C14H23N3O/c1-3-6-14(7-5-8-16-14)12(18)11-13-15-9-10-17(13)4-2/h9-10,16H,3-8,11H2,1-2H3. The number of nitrogens with one attached hydrogen (secondary N) is 1. The molecule has 1 unspecified atom stereocenters. The van der Waals surface area contributed by atoms with Crippen LogP contribution in [0.15, 0.2) is 12.4 Å². The molecular weight excluding hydrogens is 226 g/mol. The van der Waals surface area contributed by atoms with Crippen LogP contribution in [0.1, 0.15) is 45.4 Å². The third-order valence-electron chi connectivity index (χ3n) is 3.92. The summed E-state index contributed by atoms with van der Waals surface area (Å²) in [6.45, 7) is 6.05. The minimum absolute atomic E-state index is 0.279. The van der Waals surface area contributed by atoms with Crippen molar-refractivity contribution in [3.05, 3.63) is 18.2 Å². The van der Waals surface area contributed by atoms with Gasteiger partial charge in [0.25, 0.3) is 0 Å². The lowest BCUT2D eigenvalue weighted by molar-refractivity contribution is -0.124. The number of hydrogen-bond donors (Lipinski definition) is 1. The van der Waals surface area contributed by atoms with Crippen LogP contribution in [0.5, 0.6) is 0 Å². The summed E-state index contributed by atoms with van der Waals surface area (Å²) in [5.74, 6) is 1.20. The fraction of sp³-hybridized carbons (Fsp3) is 0.714. The minimum atomic E-state index is -0.279. The molecule has 0 aliphatic carbocycles. The predicted molar refractivity (Wildman–Crippen MR) is 71.5 cm³/mol. The first-order valence-electron chi connectivity index (χ1n) is 7.00. The van der Waals surface area contributed by atoms with Gasteiger partial charge in [-0.15, -0.1) is 0 Å². The summed E-state index contributed by atoms with van der Waals surface area (Å²) < 4.78 is 2.05. The fourth-order valence-corrected chi connectivity index (χ4v) is 2.93. The average molecular weight is 249 g/mol. The molecule has 1 N–H and O–H groups in total. The Morgan fingerprint density at radius 1 is 1.56 bits per heavy atom. The second-order valence-electron chi connectivity index (χ2n) is 5.09. The normalized spacial score (nSPS) is 23.4.